The van der Waals surface area contributed by atoms with Crippen LogP contribution in [0.5, 0.6) is 0 Å². The third kappa shape index (κ3) is 23.5. The van der Waals surface area contributed by atoms with E-state index < -0.39 is 49.5 Å². The highest BCUT2D eigenvalue weighted by atomic mass is 16.7. The number of allylic oxidation sites excluding steroid dienone is 1. The van der Waals surface area contributed by atoms with E-state index in [0.29, 0.717) is 6.42 Å². The number of rotatable bonds is 34. The fourth-order valence-corrected chi connectivity index (χ4v) is 6.68. The summed E-state index contributed by atoms with van der Waals surface area (Å²) < 4.78 is 11.1. The molecule has 1 rings (SSSR count). The lowest BCUT2D eigenvalue weighted by atomic mass is 9.99. The Kier molecular flexibility index (Phi) is 30.6. The first-order valence-corrected chi connectivity index (χ1v) is 20.9. The molecule has 7 atom stereocenters. The second-order valence-corrected chi connectivity index (χ2v) is 14.8. The molecular weight excluding hydrogens is 634 g/mol. The summed E-state index contributed by atoms with van der Waals surface area (Å²) in [6, 6.07) is -0.795. The van der Waals surface area contributed by atoms with E-state index in [1.165, 1.54) is 128 Å². The molecule has 0 aliphatic carbocycles. The highest BCUT2D eigenvalue weighted by molar-refractivity contribution is 5.76. The van der Waals surface area contributed by atoms with Crippen molar-refractivity contribution in [1.82, 2.24) is 5.32 Å². The van der Waals surface area contributed by atoms with Crippen LogP contribution in [0.1, 0.15) is 187 Å². The van der Waals surface area contributed by atoms with Crippen LogP contribution in [0.2, 0.25) is 0 Å². The molecule has 1 amide bonds. The van der Waals surface area contributed by atoms with Crippen molar-refractivity contribution in [1.29, 1.82) is 0 Å². The number of carbonyl (C=O) groups is 1. The number of unbranched alkanes of at least 4 members (excludes halogenated alkanes) is 24. The monoisotopic (exact) mass is 714 g/mol. The summed E-state index contributed by atoms with van der Waals surface area (Å²) in [4.78, 5) is 12.9. The maximum atomic E-state index is 12.9. The molecule has 0 radical (unpaired) electrons. The summed E-state index contributed by atoms with van der Waals surface area (Å²) in [5, 5.41) is 53.8. The van der Waals surface area contributed by atoms with Crippen molar-refractivity contribution in [2.24, 2.45) is 0 Å². The lowest BCUT2D eigenvalue weighted by Crippen LogP contribution is -2.60. The van der Waals surface area contributed by atoms with Gasteiger partial charge in [0.1, 0.15) is 24.4 Å². The Morgan fingerprint density at radius 2 is 1.10 bits per heavy atom. The molecule has 9 heteroatoms. The molecule has 296 valence electrons. The van der Waals surface area contributed by atoms with Crippen LogP contribution in [0, 0.1) is 0 Å². The minimum Gasteiger partial charge on any atom is -0.394 e. The van der Waals surface area contributed by atoms with Crippen LogP contribution in [0.3, 0.4) is 0 Å². The summed E-state index contributed by atoms with van der Waals surface area (Å²) in [6.07, 6.45) is 28.4. The van der Waals surface area contributed by atoms with Crippen LogP contribution in [-0.2, 0) is 14.3 Å². The standard InChI is InChI=1S/C41H79NO8/c1-3-5-7-9-11-13-14-15-16-17-18-19-20-21-22-23-25-27-29-31-37(45)42-34(35(44)30-28-26-24-12-10-8-6-4-2)33-49-41-40(48)39(47)38(46)36(32-43)50-41/h28,30,34-36,38-41,43-44,46-48H,3-27,29,31-33H2,1-2H3,(H,42,45)/b30-28+. The lowest BCUT2D eigenvalue weighted by Gasteiger charge is -2.40. The summed E-state index contributed by atoms with van der Waals surface area (Å²) >= 11 is 0. The molecule has 0 aromatic heterocycles. The average Bonchev–Trinajstić information content (AvgIpc) is 3.11. The van der Waals surface area contributed by atoms with Gasteiger partial charge in [0.05, 0.1) is 25.4 Å². The number of carbonyl (C=O) groups excluding carboxylic acids is 1. The van der Waals surface area contributed by atoms with Crippen LogP contribution < -0.4 is 5.32 Å². The van der Waals surface area contributed by atoms with Crippen molar-refractivity contribution in [2.75, 3.05) is 13.2 Å². The molecule has 0 aromatic carbocycles. The van der Waals surface area contributed by atoms with E-state index in [-0.39, 0.29) is 12.5 Å². The van der Waals surface area contributed by atoms with Crippen molar-refractivity contribution in [3.8, 4) is 0 Å². The minimum atomic E-state index is -1.56. The van der Waals surface area contributed by atoms with Gasteiger partial charge in [0.25, 0.3) is 0 Å². The highest BCUT2D eigenvalue weighted by Crippen LogP contribution is 2.22. The summed E-state index contributed by atoms with van der Waals surface area (Å²) in [5.41, 5.74) is 0. The topological polar surface area (TPSA) is 149 Å². The number of hydrogen-bond donors (Lipinski definition) is 6. The Bertz CT molecular complexity index is 797. The number of aliphatic hydroxyl groups excluding tert-OH is 5. The summed E-state index contributed by atoms with van der Waals surface area (Å²) in [5.74, 6) is -0.178. The number of amides is 1. The molecule has 0 saturated carbocycles. The van der Waals surface area contributed by atoms with Gasteiger partial charge in [-0.15, -0.1) is 0 Å². The fraction of sp³-hybridized carbons (Fsp3) is 0.927. The molecule has 50 heavy (non-hydrogen) atoms. The maximum absolute atomic E-state index is 12.9. The van der Waals surface area contributed by atoms with Gasteiger partial charge in [0, 0.05) is 6.42 Å². The molecule has 7 unspecified atom stereocenters. The van der Waals surface area contributed by atoms with Gasteiger partial charge in [-0.05, 0) is 19.3 Å². The number of nitrogens with one attached hydrogen (secondary N) is 1. The average molecular weight is 714 g/mol. The zero-order chi connectivity index (χ0) is 36.7. The van der Waals surface area contributed by atoms with Gasteiger partial charge in [0.15, 0.2) is 6.29 Å². The summed E-state index contributed by atoms with van der Waals surface area (Å²) in [7, 11) is 0. The molecule has 1 aliphatic rings. The van der Waals surface area contributed by atoms with Crippen LogP contribution in [-0.4, -0.2) is 87.5 Å². The molecule has 1 aliphatic heterocycles. The van der Waals surface area contributed by atoms with E-state index in [1.54, 1.807) is 6.08 Å². The Labute approximate surface area is 306 Å². The maximum Gasteiger partial charge on any atom is 0.220 e. The van der Waals surface area contributed by atoms with E-state index in [2.05, 4.69) is 19.2 Å². The van der Waals surface area contributed by atoms with Gasteiger partial charge in [-0.25, -0.2) is 0 Å². The Hall–Kier alpha value is -1.07. The van der Waals surface area contributed by atoms with Crippen molar-refractivity contribution in [3.05, 3.63) is 12.2 Å². The molecule has 9 nitrogen and oxygen atoms in total. The Morgan fingerprint density at radius 3 is 1.56 bits per heavy atom. The van der Waals surface area contributed by atoms with Gasteiger partial charge in [0.2, 0.25) is 5.91 Å². The molecule has 6 N–H and O–H groups in total. The predicted octanol–water partition coefficient (Wildman–Crippen LogP) is 7.78. The van der Waals surface area contributed by atoms with Crippen molar-refractivity contribution >= 4 is 5.91 Å². The molecular formula is C41H79NO8. The first-order valence-electron chi connectivity index (χ1n) is 20.9. The summed E-state index contributed by atoms with van der Waals surface area (Å²) in [6.45, 7) is 3.73. The Morgan fingerprint density at radius 1 is 0.660 bits per heavy atom. The molecule has 1 fully saturated rings. The number of ether oxygens (including phenoxy) is 2. The SMILES string of the molecule is CCCCCCCC/C=C/C(O)C(COC1OC(CO)C(O)C(O)C1O)NC(=O)CCCCCCCCCCCCCCCCCCCCC. The molecule has 0 aromatic rings. The lowest BCUT2D eigenvalue weighted by molar-refractivity contribution is -0.302. The van der Waals surface area contributed by atoms with E-state index in [4.69, 9.17) is 9.47 Å². The second-order valence-electron chi connectivity index (χ2n) is 14.8. The zero-order valence-electron chi connectivity index (χ0n) is 32.2. The van der Waals surface area contributed by atoms with Crippen molar-refractivity contribution in [3.63, 3.8) is 0 Å². The van der Waals surface area contributed by atoms with Gasteiger partial charge < -0.3 is 40.3 Å². The van der Waals surface area contributed by atoms with E-state index in [1.807, 2.05) is 6.08 Å². The van der Waals surface area contributed by atoms with Gasteiger partial charge in [-0.2, -0.15) is 0 Å². The zero-order valence-corrected chi connectivity index (χ0v) is 32.2. The van der Waals surface area contributed by atoms with E-state index in [9.17, 15) is 30.3 Å². The van der Waals surface area contributed by atoms with E-state index >= 15 is 0 Å². The van der Waals surface area contributed by atoms with Gasteiger partial charge >= 0.3 is 0 Å². The number of aliphatic hydroxyl groups is 5. The van der Waals surface area contributed by atoms with Crippen molar-refractivity contribution < 1.29 is 39.8 Å². The number of hydrogen-bond acceptors (Lipinski definition) is 8. The molecule has 0 spiro atoms. The second kappa shape index (κ2) is 32.6. The van der Waals surface area contributed by atoms with Gasteiger partial charge in [-0.1, -0.05) is 174 Å². The highest BCUT2D eigenvalue weighted by Gasteiger charge is 2.44. The van der Waals surface area contributed by atoms with Crippen molar-refractivity contribution in [2.45, 2.75) is 230 Å². The smallest absolute Gasteiger partial charge is 0.220 e. The Balaban J connectivity index is 2.29. The minimum absolute atomic E-state index is 0.178. The molecule has 1 heterocycles. The van der Waals surface area contributed by atoms with Crippen LogP contribution in [0.25, 0.3) is 0 Å². The van der Waals surface area contributed by atoms with Gasteiger partial charge in [-0.3, -0.25) is 4.79 Å². The first-order chi connectivity index (χ1) is 24.3. The third-order valence-corrected chi connectivity index (χ3v) is 10.1. The quantitative estimate of drug-likeness (QED) is 0.0293. The van der Waals surface area contributed by atoms with Crippen LogP contribution in [0.15, 0.2) is 12.2 Å². The largest absolute Gasteiger partial charge is 0.394 e. The molecule has 0 bridgehead atoms. The predicted molar refractivity (Wildman–Crippen MR) is 203 cm³/mol. The fourth-order valence-electron chi connectivity index (χ4n) is 6.68. The third-order valence-electron chi connectivity index (χ3n) is 10.1. The van der Waals surface area contributed by atoms with E-state index in [0.717, 1.165) is 38.5 Å². The molecule has 1 saturated heterocycles. The van der Waals surface area contributed by atoms with Crippen LogP contribution in [0.4, 0.5) is 0 Å². The van der Waals surface area contributed by atoms with Crippen LogP contribution >= 0.6 is 0 Å². The normalized spacial score (nSPS) is 22.3. The first kappa shape index (κ1) is 47.0.